The van der Waals surface area contributed by atoms with E-state index in [0.717, 1.165) is 11.4 Å². The Labute approximate surface area is 97.3 Å². The van der Waals surface area contributed by atoms with Crippen LogP contribution in [0.5, 0.6) is 5.75 Å². The fourth-order valence-corrected chi connectivity index (χ4v) is 2.09. The number of aromatic nitrogens is 1. The van der Waals surface area contributed by atoms with Crippen molar-refractivity contribution in [3.63, 3.8) is 0 Å². The summed E-state index contributed by atoms with van der Waals surface area (Å²) in [7, 11) is 0. The fourth-order valence-electron chi connectivity index (χ4n) is 1.14. The molecule has 2 aromatic rings. The van der Waals surface area contributed by atoms with Crippen LogP contribution in [0.4, 0.5) is 0 Å². The first-order valence-electron chi connectivity index (χ1n) is 4.52. The lowest BCUT2D eigenvalue weighted by molar-refractivity contribution is 0.302. The number of thiazole rings is 1. The molecule has 78 valence electrons. The van der Waals surface area contributed by atoms with E-state index in [2.05, 4.69) is 23.4 Å². The van der Waals surface area contributed by atoms with Gasteiger partial charge in [0.15, 0.2) is 0 Å². The Morgan fingerprint density at radius 3 is 2.73 bits per heavy atom. The standard InChI is InChI=1S/C11H11NOS2/c1-14-11-4-2-10(3-5-11)13-6-9-7-15-8-12-9/h2-5,7-8H,6H2,1H3. The smallest absolute Gasteiger partial charge is 0.131 e. The van der Waals surface area contributed by atoms with Gasteiger partial charge in [0.25, 0.3) is 0 Å². The molecule has 2 nitrogen and oxygen atoms in total. The molecule has 0 aliphatic heterocycles. The van der Waals surface area contributed by atoms with E-state index in [1.807, 2.05) is 23.0 Å². The summed E-state index contributed by atoms with van der Waals surface area (Å²) in [5, 5.41) is 2.00. The van der Waals surface area contributed by atoms with Crippen molar-refractivity contribution < 1.29 is 4.74 Å². The number of hydrogen-bond donors (Lipinski definition) is 0. The van der Waals surface area contributed by atoms with Gasteiger partial charge in [-0.05, 0) is 30.5 Å². The van der Waals surface area contributed by atoms with Gasteiger partial charge in [-0.15, -0.1) is 23.1 Å². The average Bonchev–Trinajstić information content (AvgIpc) is 2.80. The number of rotatable bonds is 4. The van der Waals surface area contributed by atoms with Crippen LogP contribution in [0.25, 0.3) is 0 Å². The maximum atomic E-state index is 5.58. The Kier molecular flexibility index (Phi) is 3.64. The average molecular weight is 237 g/mol. The van der Waals surface area contributed by atoms with Crippen molar-refractivity contribution in [3.05, 3.63) is 40.8 Å². The molecule has 1 heterocycles. The van der Waals surface area contributed by atoms with E-state index in [1.54, 1.807) is 23.1 Å². The number of benzene rings is 1. The lowest BCUT2D eigenvalue weighted by Crippen LogP contribution is -1.94. The summed E-state index contributed by atoms with van der Waals surface area (Å²) in [6.45, 7) is 0.544. The first-order valence-corrected chi connectivity index (χ1v) is 6.69. The van der Waals surface area contributed by atoms with E-state index >= 15 is 0 Å². The predicted octanol–water partition coefficient (Wildman–Crippen LogP) is 3.44. The van der Waals surface area contributed by atoms with Crippen molar-refractivity contribution in [1.29, 1.82) is 0 Å². The van der Waals surface area contributed by atoms with Gasteiger partial charge in [0.05, 0.1) is 11.2 Å². The molecule has 0 radical (unpaired) electrons. The lowest BCUT2D eigenvalue weighted by atomic mass is 10.3. The van der Waals surface area contributed by atoms with E-state index in [0.29, 0.717) is 6.61 Å². The second-order valence-electron chi connectivity index (χ2n) is 2.94. The normalized spacial score (nSPS) is 10.2. The molecule has 0 saturated carbocycles. The Morgan fingerprint density at radius 2 is 2.13 bits per heavy atom. The van der Waals surface area contributed by atoms with Crippen LogP contribution in [0, 0.1) is 0 Å². The first kappa shape index (κ1) is 10.5. The minimum atomic E-state index is 0.544. The minimum absolute atomic E-state index is 0.544. The van der Waals surface area contributed by atoms with Gasteiger partial charge in [-0.2, -0.15) is 0 Å². The molecular weight excluding hydrogens is 226 g/mol. The van der Waals surface area contributed by atoms with Crippen molar-refractivity contribution in [1.82, 2.24) is 4.98 Å². The first-order chi connectivity index (χ1) is 7.38. The molecular formula is C11H11NOS2. The van der Waals surface area contributed by atoms with Crippen molar-refractivity contribution in [2.75, 3.05) is 6.26 Å². The van der Waals surface area contributed by atoms with Gasteiger partial charge in [0, 0.05) is 10.3 Å². The van der Waals surface area contributed by atoms with Crippen molar-refractivity contribution in [3.8, 4) is 5.75 Å². The highest BCUT2D eigenvalue weighted by atomic mass is 32.2. The van der Waals surface area contributed by atoms with Crippen LogP contribution in [0.2, 0.25) is 0 Å². The zero-order valence-electron chi connectivity index (χ0n) is 8.34. The zero-order chi connectivity index (χ0) is 10.5. The second kappa shape index (κ2) is 5.19. The molecule has 0 N–H and O–H groups in total. The molecule has 0 saturated heterocycles. The van der Waals surface area contributed by atoms with Gasteiger partial charge in [-0.3, -0.25) is 0 Å². The highest BCUT2D eigenvalue weighted by Crippen LogP contribution is 2.19. The van der Waals surface area contributed by atoms with E-state index in [-0.39, 0.29) is 0 Å². The predicted molar refractivity (Wildman–Crippen MR) is 64.7 cm³/mol. The molecule has 0 bridgehead atoms. The number of ether oxygens (including phenoxy) is 1. The molecule has 1 aromatic heterocycles. The minimum Gasteiger partial charge on any atom is -0.487 e. The van der Waals surface area contributed by atoms with E-state index in [1.165, 1.54) is 4.90 Å². The summed E-state index contributed by atoms with van der Waals surface area (Å²) in [6.07, 6.45) is 2.06. The van der Waals surface area contributed by atoms with Gasteiger partial charge in [0.2, 0.25) is 0 Å². The summed E-state index contributed by atoms with van der Waals surface area (Å²) in [5.74, 6) is 0.890. The number of thioether (sulfide) groups is 1. The van der Waals surface area contributed by atoms with E-state index in [9.17, 15) is 0 Å². The largest absolute Gasteiger partial charge is 0.487 e. The molecule has 2 rings (SSSR count). The highest BCUT2D eigenvalue weighted by Gasteiger charge is 1.97. The van der Waals surface area contributed by atoms with E-state index < -0.39 is 0 Å². The topological polar surface area (TPSA) is 22.1 Å². The SMILES string of the molecule is CSc1ccc(OCc2cscn2)cc1. The Hall–Kier alpha value is -1.00. The maximum Gasteiger partial charge on any atom is 0.131 e. The second-order valence-corrected chi connectivity index (χ2v) is 4.54. The third kappa shape index (κ3) is 2.97. The Morgan fingerprint density at radius 1 is 1.33 bits per heavy atom. The lowest BCUT2D eigenvalue weighted by Gasteiger charge is -2.04. The van der Waals surface area contributed by atoms with Gasteiger partial charge in [0.1, 0.15) is 12.4 Å². The van der Waals surface area contributed by atoms with Crippen LogP contribution >= 0.6 is 23.1 Å². The van der Waals surface area contributed by atoms with E-state index in [4.69, 9.17) is 4.74 Å². The molecule has 4 heteroatoms. The fraction of sp³-hybridized carbons (Fsp3) is 0.182. The molecule has 0 fully saturated rings. The van der Waals surface area contributed by atoms with Crippen LogP contribution < -0.4 is 4.74 Å². The number of hydrogen-bond acceptors (Lipinski definition) is 4. The van der Waals surface area contributed by atoms with Crippen LogP contribution in [0.15, 0.2) is 40.1 Å². The number of nitrogens with zero attached hydrogens (tertiary/aromatic N) is 1. The van der Waals surface area contributed by atoms with Gasteiger partial charge < -0.3 is 4.74 Å². The Balaban J connectivity index is 1.93. The summed E-state index contributed by atoms with van der Waals surface area (Å²) >= 11 is 3.31. The van der Waals surface area contributed by atoms with Crippen LogP contribution in [-0.4, -0.2) is 11.2 Å². The maximum absolute atomic E-state index is 5.58. The zero-order valence-corrected chi connectivity index (χ0v) is 9.98. The van der Waals surface area contributed by atoms with Crippen molar-refractivity contribution in [2.24, 2.45) is 0 Å². The van der Waals surface area contributed by atoms with Crippen LogP contribution in [0.1, 0.15) is 5.69 Å². The molecule has 0 amide bonds. The van der Waals surface area contributed by atoms with Crippen molar-refractivity contribution in [2.45, 2.75) is 11.5 Å². The molecule has 0 atom stereocenters. The molecule has 0 aliphatic carbocycles. The van der Waals surface area contributed by atoms with Gasteiger partial charge in [-0.25, -0.2) is 4.98 Å². The Bertz CT molecular complexity index is 397. The summed E-state index contributed by atoms with van der Waals surface area (Å²) < 4.78 is 5.58. The molecule has 15 heavy (non-hydrogen) atoms. The van der Waals surface area contributed by atoms with Gasteiger partial charge in [-0.1, -0.05) is 0 Å². The van der Waals surface area contributed by atoms with Gasteiger partial charge >= 0.3 is 0 Å². The molecule has 0 unspecified atom stereocenters. The summed E-state index contributed by atoms with van der Waals surface area (Å²) in [6, 6.07) is 8.08. The third-order valence-electron chi connectivity index (χ3n) is 1.93. The highest BCUT2D eigenvalue weighted by molar-refractivity contribution is 7.98. The molecule has 0 spiro atoms. The van der Waals surface area contributed by atoms with Crippen LogP contribution in [-0.2, 0) is 6.61 Å². The summed E-state index contributed by atoms with van der Waals surface area (Å²) in [4.78, 5) is 5.40. The summed E-state index contributed by atoms with van der Waals surface area (Å²) in [5.41, 5.74) is 2.80. The monoisotopic (exact) mass is 237 g/mol. The third-order valence-corrected chi connectivity index (χ3v) is 3.31. The van der Waals surface area contributed by atoms with Crippen LogP contribution in [0.3, 0.4) is 0 Å². The molecule has 0 aliphatic rings. The molecule has 1 aromatic carbocycles. The van der Waals surface area contributed by atoms with Crippen molar-refractivity contribution >= 4 is 23.1 Å². The quantitative estimate of drug-likeness (QED) is 0.760.